The van der Waals surface area contributed by atoms with Gasteiger partial charge in [-0.2, -0.15) is 9.57 Å². The molecule has 0 saturated heterocycles. The number of hydrogen-bond donors (Lipinski definition) is 0. The number of aryl methyl sites for hydroxylation is 1. The van der Waals surface area contributed by atoms with Crippen LogP contribution in [-0.4, -0.2) is 36.4 Å². The van der Waals surface area contributed by atoms with Crippen molar-refractivity contribution >= 4 is 31.9 Å². The molecule has 2 aromatic carbocycles. The van der Waals surface area contributed by atoms with Crippen molar-refractivity contribution in [3.05, 3.63) is 57.6 Å². The molecule has 0 saturated carbocycles. The molecule has 0 aromatic heterocycles. The number of esters is 1. The Labute approximate surface area is 209 Å². The lowest BCUT2D eigenvalue weighted by Crippen LogP contribution is -2.38. The molecule has 34 heavy (non-hydrogen) atoms. The van der Waals surface area contributed by atoms with E-state index in [4.69, 9.17) is 9.47 Å². The second-order valence-electron chi connectivity index (χ2n) is 9.95. The standard InChI is InChI=1S/C25H29BrN2O5S/c1-24(2,3)33-23(29)16-28(15-18-10-17(14-27)11-20(26)12-18)34(30,31)21-6-7-22-19(13-21)8-9-25(4,5)32-22/h6-7,10-13H,8-9,15-16H2,1-5H3. The molecule has 0 radical (unpaired) electrons. The molecule has 1 heterocycles. The second-order valence-corrected chi connectivity index (χ2v) is 12.8. The molecule has 0 spiro atoms. The zero-order valence-electron chi connectivity index (χ0n) is 20.0. The third kappa shape index (κ3) is 6.59. The number of benzene rings is 2. The van der Waals surface area contributed by atoms with Crippen LogP contribution in [0.2, 0.25) is 0 Å². The molecule has 7 nitrogen and oxygen atoms in total. The minimum absolute atomic E-state index is 0.0774. The van der Waals surface area contributed by atoms with Crippen LogP contribution in [0.15, 0.2) is 45.8 Å². The van der Waals surface area contributed by atoms with E-state index in [9.17, 15) is 18.5 Å². The van der Waals surface area contributed by atoms with E-state index >= 15 is 0 Å². The van der Waals surface area contributed by atoms with Crippen LogP contribution in [0.4, 0.5) is 0 Å². The van der Waals surface area contributed by atoms with Crippen molar-refractivity contribution in [3.8, 4) is 11.8 Å². The Morgan fingerprint density at radius 1 is 1.24 bits per heavy atom. The third-order valence-corrected chi connectivity index (χ3v) is 7.47. The topological polar surface area (TPSA) is 96.7 Å². The van der Waals surface area contributed by atoms with Crippen LogP contribution in [-0.2, 0) is 32.5 Å². The highest BCUT2D eigenvalue weighted by atomic mass is 79.9. The van der Waals surface area contributed by atoms with Gasteiger partial charge in [0.1, 0.15) is 23.5 Å². The van der Waals surface area contributed by atoms with Gasteiger partial charge < -0.3 is 9.47 Å². The van der Waals surface area contributed by atoms with Crippen molar-refractivity contribution in [2.24, 2.45) is 0 Å². The van der Waals surface area contributed by atoms with Crippen molar-refractivity contribution in [1.82, 2.24) is 4.31 Å². The number of rotatable bonds is 6. The minimum Gasteiger partial charge on any atom is -0.488 e. The minimum atomic E-state index is -4.07. The summed E-state index contributed by atoms with van der Waals surface area (Å²) in [4.78, 5) is 12.7. The van der Waals surface area contributed by atoms with Crippen LogP contribution in [0.3, 0.4) is 0 Å². The summed E-state index contributed by atoms with van der Waals surface area (Å²) in [6, 6.07) is 11.8. The van der Waals surface area contributed by atoms with Gasteiger partial charge in [0.25, 0.3) is 0 Å². The van der Waals surface area contributed by atoms with E-state index < -0.39 is 28.1 Å². The zero-order valence-corrected chi connectivity index (χ0v) is 22.4. The van der Waals surface area contributed by atoms with Gasteiger partial charge in [0.05, 0.1) is 16.5 Å². The highest BCUT2D eigenvalue weighted by Crippen LogP contribution is 2.35. The molecule has 0 fully saturated rings. The summed E-state index contributed by atoms with van der Waals surface area (Å²) in [5.74, 6) is 0.00849. The van der Waals surface area contributed by atoms with Crippen LogP contribution in [0.1, 0.15) is 57.7 Å². The summed E-state index contributed by atoms with van der Waals surface area (Å²) in [5, 5.41) is 9.29. The third-order valence-electron chi connectivity index (χ3n) is 5.22. The molecule has 0 atom stereocenters. The molecule has 0 amide bonds. The number of fused-ring (bicyclic) bond motifs is 1. The fourth-order valence-corrected chi connectivity index (χ4v) is 5.66. The van der Waals surface area contributed by atoms with Gasteiger partial charge in [-0.15, -0.1) is 0 Å². The van der Waals surface area contributed by atoms with Gasteiger partial charge in [-0.25, -0.2) is 8.42 Å². The summed E-state index contributed by atoms with van der Waals surface area (Å²) in [7, 11) is -4.07. The maximum atomic E-state index is 13.7. The Morgan fingerprint density at radius 3 is 2.59 bits per heavy atom. The highest BCUT2D eigenvalue weighted by molar-refractivity contribution is 9.10. The molecule has 3 rings (SSSR count). The fourth-order valence-electron chi connectivity index (χ4n) is 3.70. The van der Waals surface area contributed by atoms with Crippen molar-refractivity contribution in [1.29, 1.82) is 5.26 Å². The van der Waals surface area contributed by atoms with Crippen molar-refractivity contribution in [2.45, 2.75) is 70.1 Å². The molecule has 9 heteroatoms. The SMILES string of the molecule is CC(C)(C)OC(=O)CN(Cc1cc(Br)cc(C#N)c1)S(=O)(=O)c1ccc2c(c1)CCC(C)(C)O2. The number of carbonyl (C=O) groups is 1. The molecular formula is C25H29BrN2O5S. The van der Waals surface area contributed by atoms with E-state index in [-0.39, 0.29) is 17.0 Å². The van der Waals surface area contributed by atoms with Crippen LogP contribution in [0, 0.1) is 11.3 Å². The van der Waals surface area contributed by atoms with Crippen LogP contribution in [0.5, 0.6) is 5.75 Å². The van der Waals surface area contributed by atoms with E-state index in [1.807, 2.05) is 13.8 Å². The highest BCUT2D eigenvalue weighted by Gasteiger charge is 2.32. The van der Waals surface area contributed by atoms with Crippen molar-refractivity contribution < 1.29 is 22.7 Å². The number of nitrogens with zero attached hydrogens (tertiary/aromatic N) is 2. The van der Waals surface area contributed by atoms with Gasteiger partial charge >= 0.3 is 5.97 Å². The van der Waals surface area contributed by atoms with Crippen LogP contribution in [0.25, 0.3) is 0 Å². The predicted octanol–water partition coefficient (Wildman–Crippen LogP) is 4.96. The number of ether oxygens (including phenoxy) is 2. The first-order chi connectivity index (χ1) is 15.7. The average molecular weight is 549 g/mol. The first-order valence-electron chi connectivity index (χ1n) is 10.9. The van der Waals surface area contributed by atoms with E-state index in [0.717, 1.165) is 16.3 Å². The largest absolute Gasteiger partial charge is 0.488 e. The first kappa shape index (κ1) is 26.2. The Kier molecular flexibility index (Phi) is 7.46. The molecule has 0 N–H and O–H groups in total. The molecule has 0 aliphatic carbocycles. The number of halogens is 1. The smallest absolute Gasteiger partial charge is 0.321 e. The maximum absolute atomic E-state index is 13.7. The summed E-state index contributed by atoms with van der Waals surface area (Å²) in [6.45, 7) is 8.60. The average Bonchev–Trinajstić information content (AvgIpc) is 2.70. The van der Waals surface area contributed by atoms with Gasteiger partial charge in [0.2, 0.25) is 10.0 Å². The van der Waals surface area contributed by atoms with E-state index in [1.165, 1.54) is 6.07 Å². The molecule has 1 aliphatic rings. The Morgan fingerprint density at radius 2 is 1.94 bits per heavy atom. The van der Waals surface area contributed by atoms with Gasteiger partial charge in [-0.3, -0.25) is 4.79 Å². The molecule has 2 aromatic rings. The number of hydrogen-bond acceptors (Lipinski definition) is 6. The molecular weight excluding hydrogens is 520 g/mol. The van der Waals surface area contributed by atoms with Gasteiger partial charge in [0.15, 0.2) is 0 Å². The van der Waals surface area contributed by atoms with E-state index in [1.54, 1.807) is 51.1 Å². The van der Waals surface area contributed by atoms with Crippen LogP contribution >= 0.6 is 15.9 Å². The number of nitriles is 1. The lowest BCUT2D eigenvalue weighted by atomic mass is 9.94. The summed E-state index contributed by atoms with van der Waals surface area (Å²) in [6.07, 6.45) is 1.45. The van der Waals surface area contributed by atoms with Gasteiger partial charge in [0, 0.05) is 11.0 Å². The van der Waals surface area contributed by atoms with E-state index in [2.05, 4.69) is 22.0 Å². The summed E-state index contributed by atoms with van der Waals surface area (Å²) >= 11 is 3.36. The quantitative estimate of drug-likeness (QED) is 0.473. The van der Waals surface area contributed by atoms with Crippen molar-refractivity contribution in [2.75, 3.05) is 6.54 Å². The van der Waals surface area contributed by atoms with Gasteiger partial charge in [-0.05, 0) is 95.0 Å². The molecule has 1 aliphatic heterocycles. The predicted molar refractivity (Wildman–Crippen MR) is 132 cm³/mol. The lowest BCUT2D eigenvalue weighted by molar-refractivity contribution is -0.155. The molecule has 0 bridgehead atoms. The normalized spacial score (nSPS) is 15.2. The second kappa shape index (κ2) is 9.68. The van der Waals surface area contributed by atoms with Gasteiger partial charge in [-0.1, -0.05) is 15.9 Å². The van der Waals surface area contributed by atoms with Crippen LogP contribution < -0.4 is 4.74 Å². The Bertz CT molecular complexity index is 1240. The summed E-state index contributed by atoms with van der Waals surface area (Å²) in [5.41, 5.74) is 0.696. The Hall–Kier alpha value is -2.41. The monoisotopic (exact) mass is 548 g/mol. The number of carbonyl (C=O) groups excluding carboxylic acids is 1. The molecule has 0 unspecified atom stereocenters. The van der Waals surface area contributed by atoms with E-state index in [0.29, 0.717) is 27.8 Å². The first-order valence-corrected chi connectivity index (χ1v) is 13.2. The summed E-state index contributed by atoms with van der Waals surface area (Å²) < 4.78 is 40.5. The lowest BCUT2D eigenvalue weighted by Gasteiger charge is -2.33. The molecule has 182 valence electrons. The zero-order chi connectivity index (χ0) is 25.3. The van der Waals surface area contributed by atoms with Crippen molar-refractivity contribution in [3.63, 3.8) is 0 Å². The maximum Gasteiger partial charge on any atom is 0.321 e. The fraction of sp³-hybridized carbons (Fsp3) is 0.440. The Balaban J connectivity index is 1.98. The number of sulfonamides is 1.